The van der Waals surface area contributed by atoms with E-state index in [0.29, 0.717) is 0 Å². The summed E-state index contributed by atoms with van der Waals surface area (Å²) in [6.07, 6.45) is 4.63. The van der Waals surface area contributed by atoms with E-state index in [2.05, 4.69) is 66.1 Å². The maximum absolute atomic E-state index is 4.77. The molecule has 0 fully saturated rings. The third kappa shape index (κ3) is 2.80. The second-order valence-corrected chi connectivity index (χ2v) is 8.07. The van der Waals surface area contributed by atoms with Crippen LogP contribution in [-0.2, 0) is 10.8 Å². The Hall–Kier alpha value is -2.69. The van der Waals surface area contributed by atoms with Gasteiger partial charge >= 0.3 is 0 Å². The molecule has 0 unspecified atom stereocenters. The van der Waals surface area contributed by atoms with Crippen molar-refractivity contribution in [1.82, 2.24) is 25.1 Å². The smallest absolute Gasteiger partial charge is 0.157 e. The maximum Gasteiger partial charge on any atom is 0.157 e. The molecule has 0 radical (unpaired) electrons. The largest absolute Gasteiger partial charge is 0.326 e. The van der Waals surface area contributed by atoms with E-state index in [4.69, 9.17) is 4.98 Å². The Labute approximate surface area is 146 Å². The molecule has 3 aromatic heterocycles. The van der Waals surface area contributed by atoms with Crippen molar-refractivity contribution in [2.75, 3.05) is 0 Å². The Morgan fingerprint density at radius 2 is 1.88 bits per heavy atom. The van der Waals surface area contributed by atoms with Crippen LogP contribution < -0.4 is 0 Å². The third-order valence-electron chi connectivity index (χ3n) is 5.00. The van der Waals surface area contributed by atoms with E-state index in [1.165, 1.54) is 5.56 Å². The topological polar surface area (TPSA) is 70.2 Å². The predicted octanol–water partition coefficient (Wildman–Crippen LogP) is 4.48. The van der Waals surface area contributed by atoms with Crippen molar-refractivity contribution in [1.29, 1.82) is 0 Å². The fourth-order valence-electron chi connectivity index (χ4n) is 3.82. The summed E-state index contributed by atoms with van der Waals surface area (Å²) in [7, 11) is 0. The number of aromatic amines is 2. The Kier molecular flexibility index (Phi) is 3.42. The first-order valence-corrected chi connectivity index (χ1v) is 8.60. The van der Waals surface area contributed by atoms with Gasteiger partial charge in [-0.2, -0.15) is 5.10 Å². The van der Waals surface area contributed by atoms with Crippen LogP contribution in [-0.4, -0.2) is 25.1 Å². The van der Waals surface area contributed by atoms with Gasteiger partial charge in [-0.3, -0.25) is 5.10 Å². The molecular weight excluding hydrogens is 310 g/mol. The van der Waals surface area contributed by atoms with Gasteiger partial charge < -0.3 is 4.98 Å². The van der Waals surface area contributed by atoms with Crippen molar-refractivity contribution < 1.29 is 0 Å². The lowest BCUT2D eigenvalue weighted by Crippen LogP contribution is -2.30. The number of pyridine rings is 1. The monoisotopic (exact) mass is 333 g/mol. The molecule has 0 aliphatic heterocycles. The zero-order valence-electron chi connectivity index (χ0n) is 15.1. The van der Waals surface area contributed by atoms with Crippen molar-refractivity contribution in [3.63, 3.8) is 0 Å². The molecule has 0 spiro atoms. The van der Waals surface area contributed by atoms with Gasteiger partial charge in [0.05, 0.1) is 11.7 Å². The third-order valence-corrected chi connectivity index (χ3v) is 5.00. The van der Waals surface area contributed by atoms with Crippen molar-refractivity contribution in [3.05, 3.63) is 54.1 Å². The minimum Gasteiger partial charge on any atom is -0.326 e. The molecule has 0 aliphatic carbocycles. The summed E-state index contributed by atoms with van der Waals surface area (Å²) in [4.78, 5) is 12.5. The average molecular weight is 333 g/mol. The first-order valence-electron chi connectivity index (χ1n) is 8.60. The maximum atomic E-state index is 4.77. The Morgan fingerprint density at radius 1 is 1.04 bits per heavy atom. The number of fused-ring (bicyclic) bond motifs is 2. The summed E-state index contributed by atoms with van der Waals surface area (Å²) in [5, 5.41) is 8.29. The lowest BCUT2D eigenvalue weighted by atomic mass is 9.71. The van der Waals surface area contributed by atoms with E-state index in [-0.39, 0.29) is 10.8 Å². The fraction of sp³-hybridized carbons (Fsp3) is 0.350. The zero-order chi connectivity index (χ0) is 17.7. The molecule has 0 aliphatic rings. The van der Waals surface area contributed by atoms with Gasteiger partial charge in [-0.25, -0.2) is 9.97 Å². The number of aromatic nitrogens is 5. The van der Waals surface area contributed by atoms with Crippen molar-refractivity contribution in [3.8, 4) is 0 Å². The van der Waals surface area contributed by atoms with Gasteiger partial charge in [0.25, 0.3) is 0 Å². The Bertz CT molecular complexity index is 993. The minimum absolute atomic E-state index is 0.00135. The minimum atomic E-state index is -0.102. The lowest BCUT2D eigenvalue weighted by molar-refractivity contribution is 0.337. The van der Waals surface area contributed by atoms with Crippen LogP contribution in [0.5, 0.6) is 0 Å². The number of hydrogen-bond acceptors (Lipinski definition) is 3. The van der Waals surface area contributed by atoms with Crippen LogP contribution >= 0.6 is 0 Å². The molecule has 0 saturated carbocycles. The van der Waals surface area contributed by atoms with E-state index < -0.39 is 0 Å². The number of nitrogens with one attached hydrogen (secondary N) is 2. The van der Waals surface area contributed by atoms with E-state index in [1.54, 1.807) is 6.20 Å². The SMILES string of the molecule is CC(C)(CC(C)(C)c1nc2cccnc2[nH]1)c1ccc2[nH]ncc2c1. The second kappa shape index (κ2) is 5.41. The van der Waals surface area contributed by atoms with E-state index in [9.17, 15) is 0 Å². The highest BCUT2D eigenvalue weighted by Crippen LogP contribution is 2.38. The number of rotatable bonds is 4. The summed E-state index contributed by atoms with van der Waals surface area (Å²) < 4.78 is 0. The van der Waals surface area contributed by atoms with Gasteiger partial charge in [-0.15, -0.1) is 0 Å². The number of imidazole rings is 1. The lowest BCUT2D eigenvalue weighted by Gasteiger charge is -2.34. The Balaban J connectivity index is 1.67. The van der Waals surface area contributed by atoms with E-state index in [1.807, 2.05) is 18.3 Å². The van der Waals surface area contributed by atoms with Crippen molar-refractivity contribution in [2.45, 2.75) is 44.9 Å². The molecule has 128 valence electrons. The van der Waals surface area contributed by atoms with Gasteiger partial charge in [0.15, 0.2) is 5.65 Å². The summed E-state index contributed by atoms with van der Waals surface area (Å²) >= 11 is 0. The van der Waals surface area contributed by atoms with Gasteiger partial charge in [0.1, 0.15) is 11.3 Å². The summed E-state index contributed by atoms with van der Waals surface area (Å²) in [5.74, 6) is 0.985. The molecular formula is C20H23N5. The molecule has 2 N–H and O–H groups in total. The summed E-state index contributed by atoms with van der Waals surface area (Å²) in [6.45, 7) is 9.06. The van der Waals surface area contributed by atoms with Crippen molar-refractivity contribution in [2.24, 2.45) is 0 Å². The average Bonchev–Trinajstić information content (AvgIpc) is 3.20. The predicted molar refractivity (Wildman–Crippen MR) is 101 cm³/mol. The van der Waals surface area contributed by atoms with E-state index in [0.717, 1.165) is 34.3 Å². The van der Waals surface area contributed by atoms with Crippen LogP contribution in [0.25, 0.3) is 22.1 Å². The first kappa shape index (κ1) is 15.8. The van der Waals surface area contributed by atoms with E-state index >= 15 is 0 Å². The highest BCUT2D eigenvalue weighted by Gasteiger charge is 2.34. The van der Waals surface area contributed by atoms with Crippen LogP contribution in [0.2, 0.25) is 0 Å². The first-order chi connectivity index (χ1) is 11.9. The molecule has 4 rings (SSSR count). The zero-order valence-corrected chi connectivity index (χ0v) is 15.1. The van der Waals surface area contributed by atoms with Gasteiger partial charge in [-0.1, -0.05) is 33.8 Å². The number of H-pyrrole nitrogens is 2. The van der Waals surface area contributed by atoms with Crippen LogP contribution in [0, 0.1) is 0 Å². The summed E-state index contributed by atoms with van der Waals surface area (Å²) in [5.41, 5.74) is 4.05. The molecule has 5 nitrogen and oxygen atoms in total. The molecule has 25 heavy (non-hydrogen) atoms. The molecule has 5 heteroatoms. The standard InChI is InChI=1S/C20H23N5/c1-19(2,14-7-8-15-13(10-14)11-22-25-15)12-20(3,4)18-23-16-6-5-9-21-17(16)24-18/h5-11H,12H2,1-4H3,(H,22,25)(H,21,23,24). The molecule has 0 amide bonds. The van der Waals surface area contributed by atoms with Crippen LogP contribution in [0.15, 0.2) is 42.7 Å². The summed E-state index contributed by atoms with van der Waals surface area (Å²) in [6, 6.07) is 10.4. The quantitative estimate of drug-likeness (QED) is 0.578. The molecule has 0 atom stereocenters. The van der Waals surface area contributed by atoms with Gasteiger partial charge in [0.2, 0.25) is 0 Å². The van der Waals surface area contributed by atoms with Crippen LogP contribution in [0.1, 0.15) is 45.5 Å². The van der Waals surface area contributed by atoms with Gasteiger partial charge in [0, 0.05) is 17.0 Å². The van der Waals surface area contributed by atoms with Crippen LogP contribution in [0.4, 0.5) is 0 Å². The fourth-order valence-corrected chi connectivity index (χ4v) is 3.82. The molecule has 0 saturated heterocycles. The molecule has 4 aromatic rings. The number of benzene rings is 1. The molecule has 1 aromatic carbocycles. The second-order valence-electron chi connectivity index (χ2n) is 8.07. The van der Waals surface area contributed by atoms with Crippen molar-refractivity contribution >= 4 is 22.1 Å². The number of hydrogen-bond donors (Lipinski definition) is 2. The number of nitrogens with zero attached hydrogens (tertiary/aromatic N) is 3. The molecule has 0 bridgehead atoms. The van der Waals surface area contributed by atoms with Crippen LogP contribution in [0.3, 0.4) is 0 Å². The highest BCUT2D eigenvalue weighted by atomic mass is 15.1. The Morgan fingerprint density at radius 3 is 2.68 bits per heavy atom. The molecule has 3 heterocycles. The highest BCUT2D eigenvalue weighted by molar-refractivity contribution is 5.78. The normalized spacial score (nSPS) is 13.0. The van der Waals surface area contributed by atoms with Gasteiger partial charge in [-0.05, 0) is 41.7 Å².